The number of ether oxygens (including phenoxy) is 2. The summed E-state index contributed by atoms with van der Waals surface area (Å²) in [6, 6.07) is 5.40. The first-order valence-electron chi connectivity index (χ1n) is 7.03. The number of aromatic nitrogens is 3. The van der Waals surface area contributed by atoms with Crippen LogP contribution in [-0.2, 0) is 13.0 Å². The van der Waals surface area contributed by atoms with E-state index in [0.29, 0.717) is 6.42 Å². The molecule has 1 heterocycles. The summed E-state index contributed by atoms with van der Waals surface area (Å²) in [7, 11) is 3.27. The van der Waals surface area contributed by atoms with Crippen molar-refractivity contribution in [3.8, 4) is 11.5 Å². The van der Waals surface area contributed by atoms with Crippen LogP contribution in [0.2, 0.25) is 0 Å². The summed E-state index contributed by atoms with van der Waals surface area (Å²) in [5, 5.41) is 4.22. The third-order valence-electron chi connectivity index (χ3n) is 3.37. The molecule has 0 radical (unpaired) electrons. The molecule has 6 heteroatoms. The average Bonchev–Trinajstić information content (AvgIpc) is 2.94. The minimum atomic E-state index is -0.227. The number of methoxy groups -OCH3 is 2. The van der Waals surface area contributed by atoms with Crippen LogP contribution in [0.25, 0.3) is 0 Å². The van der Waals surface area contributed by atoms with E-state index in [-0.39, 0.29) is 6.04 Å². The zero-order chi connectivity index (χ0) is 15.2. The van der Waals surface area contributed by atoms with Gasteiger partial charge in [0, 0.05) is 24.6 Å². The van der Waals surface area contributed by atoms with Crippen LogP contribution in [0.15, 0.2) is 24.5 Å². The van der Waals surface area contributed by atoms with Gasteiger partial charge in [-0.2, -0.15) is 5.10 Å². The lowest BCUT2D eigenvalue weighted by Crippen LogP contribution is -2.18. The fraction of sp³-hybridized carbons (Fsp3) is 0.467. The molecule has 114 valence electrons. The lowest BCUT2D eigenvalue weighted by molar-refractivity contribution is 0.394. The number of aryl methyl sites for hydroxylation is 1. The van der Waals surface area contributed by atoms with Crippen molar-refractivity contribution in [3.05, 3.63) is 35.9 Å². The van der Waals surface area contributed by atoms with Crippen molar-refractivity contribution in [2.24, 2.45) is 5.73 Å². The van der Waals surface area contributed by atoms with Crippen LogP contribution >= 0.6 is 0 Å². The molecule has 2 aromatic rings. The van der Waals surface area contributed by atoms with Crippen LogP contribution < -0.4 is 15.2 Å². The Kier molecular flexibility index (Phi) is 5.16. The Hall–Kier alpha value is -2.08. The van der Waals surface area contributed by atoms with Gasteiger partial charge in [-0.05, 0) is 24.6 Å². The molecule has 0 aliphatic carbocycles. The van der Waals surface area contributed by atoms with E-state index < -0.39 is 0 Å². The zero-order valence-electron chi connectivity index (χ0n) is 12.7. The van der Waals surface area contributed by atoms with Crippen molar-refractivity contribution < 1.29 is 9.47 Å². The van der Waals surface area contributed by atoms with Crippen LogP contribution in [0, 0.1) is 0 Å². The highest BCUT2D eigenvalue weighted by molar-refractivity contribution is 5.42. The molecule has 0 fully saturated rings. The Balaban J connectivity index is 2.22. The number of benzene rings is 1. The molecule has 0 saturated heterocycles. The molecular formula is C15H22N4O2. The third-order valence-corrected chi connectivity index (χ3v) is 3.37. The Labute approximate surface area is 124 Å². The van der Waals surface area contributed by atoms with Gasteiger partial charge in [0.1, 0.15) is 23.7 Å². The van der Waals surface area contributed by atoms with Gasteiger partial charge in [0.15, 0.2) is 0 Å². The standard InChI is InChI=1S/C15H22N4O2/c1-4-7-19-15(17-10-18-19)9-13(16)12-8-11(20-2)5-6-14(12)21-3/h5-6,8,10,13H,4,7,9,16H2,1-3H3. The second kappa shape index (κ2) is 7.08. The van der Waals surface area contributed by atoms with Gasteiger partial charge in [-0.1, -0.05) is 6.92 Å². The summed E-state index contributed by atoms with van der Waals surface area (Å²) >= 11 is 0. The van der Waals surface area contributed by atoms with Crippen molar-refractivity contribution in [1.29, 1.82) is 0 Å². The molecule has 1 aromatic heterocycles. The number of hydrogen-bond acceptors (Lipinski definition) is 5. The lowest BCUT2D eigenvalue weighted by atomic mass is 10.0. The number of nitrogens with zero attached hydrogens (tertiary/aromatic N) is 3. The molecule has 2 rings (SSSR count). The Bertz CT molecular complexity index is 583. The van der Waals surface area contributed by atoms with E-state index in [1.165, 1.54) is 0 Å². The maximum absolute atomic E-state index is 6.33. The molecule has 1 aromatic carbocycles. The van der Waals surface area contributed by atoms with Gasteiger partial charge in [-0.25, -0.2) is 4.98 Å². The molecule has 0 spiro atoms. The van der Waals surface area contributed by atoms with E-state index >= 15 is 0 Å². The summed E-state index contributed by atoms with van der Waals surface area (Å²) in [4.78, 5) is 4.30. The van der Waals surface area contributed by atoms with Gasteiger partial charge in [0.2, 0.25) is 0 Å². The predicted molar refractivity (Wildman–Crippen MR) is 80.5 cm³/mol. The summed E-state index contributed by atoms with van der Waals surface area (Å²) in [5.74, 6) is 2.40. The van der Waals surface area contributed by atoms with Crippen LogP contribution in [0.4, 0.5) is 0 Å². The van der Waals surface area contributed by atoms with Crippen LogP contribution in [0.3, 0.4) is 0 Å². The molecule has 0 amide bonds. The number of rotatable bonds is 7. The molecule has 0 saturated carbocycles. The summed E-state index contributed by atoms with van der Waals surface area (Å²) in [6.45, 7) is 2.95. The van der Waals surface area contributed by atoms with Crippen molar-refractivity contribution in [1.82, 2.24) is 14.8 Å². The van der Waals surface area contributed by atoms with E-state index in [1.807, 2.05) is 22.9 Å². The van der Waals surface area contributed by atoms with Gasteiger partial charge in [0.25, 0.3) is 0 Å². The van der Waals surface area contributed by atoms with E-state index in [1.54, 1.807) is 20.5 Å². The van der Waals surface area contributed by atoms with Crippen LogP contribution in [0.1, 0.15) is 30.8 Å². The first kappa shape index (κ1) is 15.3. The highest BCUT2D eigenvalue weighted by Crippen LogP contribution is 2.29. The fourth-order valence-electron chi connectivity index (χ4n) is 2.28. The molecule has 1 unspecified atom stereocenters. The Morgan fingerprint density at radius 2 is 2.10 bits per heavy atom. The SMILES string of the molecule is CCCn1ncnc1CC(N)c1cc(OC)ccc1OC. The third kappa shape index (κ3) is 3.52. The first-order valence-corrected chi connectivity index (χ1v) is 7.03. The molecule has 6 nitrogen and oxygen atoms in total. The quantitative estimate of drug-likeness (QED) is 0.843. The second-order valence-electron chi connectivity index (χ2n) is 4.82. The monoisotopic (exact) mass is 290 g/mol. The van der Waals surface area contributed by atoms with Gasteiger partial charge in [-0.15, -0.1) is 0 Å². The van der Waals surface area contributed by atoms with E-state index in [2.05, 4.69) is 17.0 Å². The minimum absolute atomic E-state index is 0.227. The molecule has 0 bridgehead atoms. The van der Waals surface area contributed by atoms with Gasteiger partial charge >= 0.3 is 0 Å². The lowest BCUT2D eigenvalue weighted by Gasteiger charge is -2.16. The fourth-order valence-corrected chi connectivity index (χ4v) is 2.28. The normalized spacial score (nSPS) is 12.2. The maximum atomic E-state index is 6.33. The molecular weight excluding hydrogens is 268 g/mol. The summed E-state index contributed by atoms with van der Waals surface area (Å²) in [5.41, 5.74) is 7.24. The number of hydrogen-bond donors (Lipinski definition) is 1. The number of nitrogens with two attached hydrogens (primary N) is 1. The van der Waals surface area contributed by atoms with Crippen molar-refractivity contribution in [2.75, 3.05) is 14.2 Å². The molecule has 1 atom stereocenters. The molecule has 2 N–H and O–H groups in total. The smallest absolute Gasteiger partial charge is 0.138 e. The average molecular weight is 290 g/mol. The van der Waals surface area contributed by atoms with Gasteiger partial charge in [0.05, 0.1) is 14.2 Å². The van der Waals surface area contributed by atoms with Crippen molar-refractivity contribution >= 4 is 0 Å². The van der Waals surface area contributed by atoms with Gasteiger partial charge in [-0.3, -0.25) is 4.68 Å². The van der Waals surface area contributed by atoms with Crippen molar-refractivity contribution in [2.45, 2.75) is 32.4 Å². The van der Waals surface area contributed by atoms with Gasteiger partial charge < -0.3 is 15.2 Å². The highest BCUT2D eigenvalue weighted by Gasteiger charge is 2.16. The summed E-state index contributed by atoms with van der Waals surface area (Å²) < 4.78 is 12.5. The van der Waals surface area contributed by atoms with E-state index in [0.717, 1.165) is 35.9 Å². The summed E-state index contributed by atoms with van der Waals surface area (Å²) in [6.07, 6.45) is 3.18. The maximum Gasteiger partial charge on any atom is 0.138 e. The predicted octanol–water partition coefficient (Wildman–Crippen LogP) is 1.95. The molecule has 0 aliphatic rings. The van der Waals surface area contributed by atoms with E-state index in [9.17, 15) is 0 Å². The van der Waals surface area contributed by atoms with Crippen LogP contribution in [0.5, 0.6) is 11.5 Å². The van der Waals surface area contributed by atoms with Crippen molar-refractivity contribution in [3.63, 3.8) is 0 Å². The highest BCUT2D eigenvalue weighted by atomic mass is 16.5. The second-order valence-corrected chi connectivity index (χ2v) is 4.82. The van der Waals surface area contributed by atoms with E-state index in [4.69, 9.17) is 15.2 Å². The zero-order valence-corrected chi connectivity index (χ0v) is 12.7. The Morgan fingerprint density at radius 1 is 1.29 bits per heavy atom. The topological polar surface area (TPSA) is 75.2 Å². The van der Waals surface area contributed by atoms with Crippen LogP contribution in [-0.4, -0.2) is 29.0 Å². The molecule has 0 aliphatic heterocycles. The molecule has 21 heavy (non-hydrogen) atoms. The minimum Gasteiger partial charge on any atom is -0.497 e. The largest absolute Gasteiger partial charge is 0.497 e. The Morgan fingerprint density at radius 3 is 2.76 bits per heavy atom. The first-order chi connectivity index (χ1) is 10.2.